The van der Waals surface area contributed by atoms with Crippen molar-refractivity contribution >= 4 is 39.5 Å². The maximum atomic E-state index is 4.54. The molecule has 1 aromatic rings. The highest BCUT2D eigenvalue weighted by molar-refractivity contribution is 9.11. The van der Waals surface area contributed by atoms with E-state index in [4.69, 9.17) is 0 Å². The first-order valence-corrected chi connectivity index (χ1v) is 8.49. The van der Waals surface area contributed by atoms with Gasteiger partial charge in [0.25, 0.3) is 0 Å². The molecule has 1 atom stereocenters. The molecule has 0 saturated heterocycles. The van der Waals surface area contributed by atoms with E-state index >= 15 is 0 Å². The van der Waals surface area contributed by atoms with Crippen molar-refractivity contribution in [1.29, 1.82) is 0 Å². The molecule has 0 saturated carbocycles. The van der Waals surface area contributed by atoms with Crippen molar-refractivity contribution in [3.05, 3.63) is 40.5 Å². The Kier molecular flexibility index (Phi) is 4.00. The summed E-state index contributed by atoms with van der Waals surface area (Å²) in [6.07, 6.45) is 4.25. The topological polar surface area (TPSA) is 49.1 Å². The van der Waals surface area contributed by atoms with Crippen LogP contribution < -0.4 is 5.32 Å². The number of halogens is 1. The Labute approximate surface area is 145 Å². The number of hydrogen-bond acceptors (Lipinski definition) is 4. The van der Waals surface area contributed by atoms with Crippen LogP contribution in [0.2, 0.25) is 0 Å². The van der Waals surface area contributed by atoms with Gasteiger partial charge in [0.15, 0.2) is 5.84 Å². The van der Waals surface area contributed by atoms with Crippen LogP contribution in [-0.4, -0.2) is 23.4 Å². The maximum Gasteiger partial charge on any atom is 0.156 e. The van der Waals surface area contributed by atoms with Gasteiger partial charge < -0.3 is 5.32 Å². The van der Waals surface area contributed by atoms with Crippen LogP contribution >= 0.6 is 15.9 Å². The molecule has 1 unspecified atom stereocenters. The molecular weight excluding hydrogens is 352 g/mol. The lowest BCUT2D eigenvalue weighted by atomic mass is 9.87. The van der Waals surface area contributed by atoms with E-state index in [-0.39, 0.29) is 11.0 Å². The molecule has 2 aliphatic heterocycles. The largest absolute Gasteiger partial charge is 0.339 e. The van der Waals surface area contributed by atoms with E-state index in [2.05, 4.69) is 88.2 Å². The first-order chi connectivity index (χ1) is 10.8. The highest BCUT2D eigenvalue weighted by atomic mass is 79.9. The van der Waals surface area contributed by atoms with Gasteiger partial charge in [-0.2, -0.15) is 0 Å². The number of benzene rings is 1. The summed E-state index contributed by atoms with van der Waals surface area (Å²) in [4.78, 5) is 13.4. The number of nitrogens with zero attached hydrogens (tertiary/aromatic N) is 3. The van der Waals surface area contributed by atoms with Gasteiger partial charge in [-0.05, 0) is 30.0 Å². The summed E-state index contributed by atoms with van der Waals surface area (Å²) in [5.74, 6) is 0.766. The molecule has 120 valence electrons. The van der Waals surface area contributed by atoms with Gasteiger partial charge in [0, 0.05) is 22.8 Å². The Morgan fingerprint density at radius 2 is 1.83 bits per heavy atom. The molecule has 0 bridgehead atoms. The summed E-state index contributed by atoms with van der Waals surface area (Å²) >= 11 is 3.52. The van der Waals surface area contributed by atoms with E-state index in [9.17, 15) is 0 Å². The average molecular weight is 373 g/mol. The third kappa shape index (κ3) is 3.29. The molecule has 2 aliphatic rings. The van der Waals surface area contributed by atoms with Gasteiger partial charge in [0.05, 0.1) is 0 Å². The number of fused-ring (bicyclic) bond motifs is 1. The van der Waals surface area contributed by atoms with Crippen molar-refractivity contribution in [3.63, 3.8) is 0 Å². The number of rotatable bonds is 1. The van der Waals surface area contributed by atoms with E-state index in [1.165, 1.54) is 5.56 Å². The second kappa shape index (κ2) is 5.71. The van der Waals surface area contributed by atoms with Crippen LogP contribution in [0.4, 0.5) is 5.69 Å². The lowest BCUT2D eigenvalue weighted by Crippen LogP contribution is -2.45. The fraction of sp³-hybridized carbons (Fsp3) is 0.389. The highest BCUT2D eigenvalue weighted by Crippen LogP contribution is 2.32. The quantitative estimate of drug-likeness (QED) is 0.764. The number of aliphatic imine (C=N–C) groups is 3. The van der Waals surface area contributed by atoms with Gasteiger partial charge in [-0.25, -0.2) is 4.99 Å². The second-order valence-corrected chi connectivity index (χ2v) is 8.20. The molecule has 0 aliphatic carbocycles. The molecule has 0 spiro atoms. The molecule has 1 aromatic carbocycles. The van der Waals surface area contributed by atoms with Gasteiger partial charge in [0.1, 0.15) is 17.6 Å². The monoisotopic (exact) mass is 372 g/mol. The van der Waals surface area contributed by atoms with Crippen molar-refractivity contribution in [1.82, 2.24) is 0 Å². The highest BCUT2D eigenvalue weighted by Gasteiger charge is 2.37. The SMILES string of the molecule is CC12CC(Br)=CN=C1C(Nc1ccc(C(C)(C)C)cc1)=NC=N2. The lowest BCUT2D eigenvalue weighted by molar-refractivity contribution is 0.590. The number of hydrogen-bond donors (Lipinski definition) is 1. The summed E-state index contributed by atoms with van der Waals surface area (Å²) in [5, 5.41) is 3.38. The average Bonchev–Trinajstić information content (AvgIpc) is 2.46. The van der Waals surface area contributed by atoms with Gasteiger partial charge in [-0.3, -0.25) is 9.98 Å². The van der Waals surface area contributed by atoms with Crippen molar-refractivity contribution in [2.24, 2.45) is 15.0 Å². The Morgan fingerprint density at radius 3 is 2.48 bits per heavy atom. The normalized spacial score (nSPS) is 23.6. The van der Waals surface area contributed by atoms with Crippen LogP contribution in [0.15, 0.2) is 49.9 Å². The Morgan fingerprint density at radius 1 is 1.13 bits per heavy atom. The van der Waals surface area contributed by atoms with Crippen LogP contribution in [0.5, 0.6) is 0 Å². The molecule has 0 aromatic heterocycles. The molecule has 1 N–H and O–H groups in total. The van der Waals surface area contributed by atoms with Gasteiger partial charge >= 0.3 is 0 Å². The Balaban J connectivity index is 1.85. The molecule has 2 heterocycles. The fourth-order valence-corrected chi connectivity index (χ4v) is 3.36. The summed E-state index contributed by atoms with van der Waals surface area (Å²) in [6, 6.07) is 8.47. The van der Waals surface area contributed by atoms with Crippen LogP contribution in [0.25, 0.3) is 0 Å². The van der Waals surface area contributed by atoms with Crippen LogP contribution in [0.3, 0.4) is 0 Å². The predicted octanol–water partition coefficient (Wildman–Crippen LogP) is 4.68. The Bertz CT molecular complexity index is 735. The zero-order valence-electron chi connectivity index (χ0n) is 13.9. The summed E-state index contributed by atoms with van der Waals surface area (Å²) in [7, 11) is 0. The fourth-order valence-electron chi connectivity index (χ4n) is 2.71. The molecule has 0 amide bonds. The Hall–Kier alpha value is -1.75. The summed E-state index contributed by atoms with van der Waals surface area (Å²) < 4.78 is 1.05. The molecule has 5 heteroatoms. The summed E-state index contributed by atoms with van der Waals surface area (Å²) in [6.45, 7) is 8.71. The predicted molar refractivity (Wildman–Crippen MR) is 102 cm³/mol. The smallest absolute Gasteiger partial charge is 0.156 e. The van der Waals surface area contributed by atoms with Gasteiger partial charge in [0.2, 0.25) is 0 Å². The van der Waals surface area contributed by atoms with Crippen LogP contribution in [-0.2, 0) is 5.41 Å². The lowest BCUT2D eigenvalue weighted by Gasteiger charge is -2.32. The zero-order valence-corrected chi connectivity index (χ0v) is 15.5. The first kappa shape index (κ1) is 16.1. The second-order valence-electron chi connectivity index (χ2n) is 7.18. The van der Waals surface area contributed by atoms with Crippen molar-refractivity contribution in [2.75, 3.05) is 5.32 Å². The van der Waals surface area contributed by atoms with Gasteiger partial charge in [-0.1, -0.05) is 48.8 Å². The third-order valence-corrected chi connectivity index (χ3v) is 4.61. The third-order valence-electron chi connectivity index (χ3n) is 4.12. The standard InChI is InChI=1S/C18H21BrN4/c1-17(2,3)12-5-7-14(8-6-12)23-16-15-18(4,22-11-21-16)9-13(19)10-20-15/h5-8,10-11H,9H2,1-4H3,(H,21,22,23). The molecule has 4 nitrogen and oxygen atoms in total. The minimum atomic E-state index is -0.358. The van der Waals surface area contributed by atoms with Crippen LogP contribution in [0.1, 0.15) is 39.7 Å². The minimum absolute atomic E-state index is 0.149. The maximum absolute atomic E-state index is 4.54. The van der Waals surface area contributed by atoms with E-state index < -0.39 is 0 Å². The molecule has 0 fully saturated rings. The number of anilines is 1. The van der Waals surface area contributed by atoms with Crippen molar-refractivity contribution < 1.29 is 0 Å². The van der Waals surface area contributed by atoms with E-state index in [1.807, 2.05) is 6.20 Å². The molecule has 3 rings (SSSR count). The van der Waals surface area contributed by atoms with E-state index in [0.717, 1.165) is 28.1 Å². The minimum Gasteiger partial charge on any atom is -0.339 e. The summed E-state index contributed by atoms with van der Waals surface area (Å²) in [5.41, 5.74) is 2.98. The van der Waals surface area contributed by atoms with E-state index in [1.54, 1.807) is 6.34 Å². The van der Waals surface area contributed by atoms with Crippen molar-refractivity contribution in [3.8, 4) is 0 Å². The van der Waals surface area contributed by atoms with Gasteiger partial charge in [-0.15, -0.1) is 0 Å². The number of nitrogens with one attached hydrogen (secondary N) is 1. The molecule has 23 heavy (non-hydrogen) atoms. The van der Waals surface area contributed by atoms with E-state index in [0.29, 0.717) is 0 Å². The molecule has 0 radical (unpaired) electrons. The zero-order chi connectivity index (χ0) is 16.7. The number of amidine groups is 1. The van der Waals surface area contributed by atoms with Crippen LogP contribution in [0, 0.1) is 0 Å². The molecular formula is C18H21BrN4. The van der Waals surface area contributed by atoms with Crippen molar-refractivity contribution in [2.45, 2.75) is 45.1 Å². The first-order valence-electron chi connectivity index (χ1n) is 7.70.